The van der Waals surface area contributed by atoms with Gasteiger partial charge in [-0.05, 0) is 31.2 Å². The van der Waals surface area contributed by atoms with Gasteiger partial charge in [-0.1, -0.05) is 29.8 Å². The van der Waals surface area contributed by atoms with Gasteiger partial charge in [-0.25, -0.2) is 9.36 Å². The molecule has 0 radical (unpaired) electrons. The molecule has 0 saturated heterocycles. The average molecular weight is 521 g/mol. The highest BCUT2D eigenvalue weighted by molar-refractivity contribution is 6.36. The van der Waals surface area contributed by atoms with E-state index in [1.54, 1.807) is 61.1 Å². The van der Waals surface area contributed by atoms with Gasteiger partial charge in [0, 0.05) is 13.5 Å². The number of fused-ring (bicyclic) bond motifs is 1. The number of halogens is 4. The van der Waals surface area contributed by atoms with E-state index >= 15 is 0 Å². The van der Waals surface area contributed by atoms with Crippen LogP contribution in [0.2, 0.25) is 5.02 Å². The molecule has 0 aliphatic carbocycles. The van der Waals surface area contributed by atoms with Gasteiger partial charge in [0.25, 0.3) is 11.5 Å². The van der Waals surface area contributed by atoms with E-state index in [0.29, 0.717) is 21.8 Å². The molecule has 2 atom stereocenters. The molecule has 188 valence electrons. The van der Waals surface area contributed by atoms with Gasteiger partial charge >= 0.3 is 6.18 Å². The van der Waals surface area contributed by atoms with Crippen molar-refractivity contribution >= 4 is 29.0 Å². The van der Waals surface area contributed by atoms with Crippen LogP contribution in [0.1, 0.15) is 40.4 Å². The largest absolute Gasteiger partial charge is 0.467 e. The van der Waals surface area contributed by atoms with Crippen LogP contribution in [0.5, 0.6) is 0 Å². The molecule has 1 amide bonds. The maximum atomic E-state index is 13.9. The van der Waals surface area contributed by atoms with Crippen molar-refractivity contribution in [2.24, 2.45) is 7.05 Å². The molecule has 0 fully saturated rings. The first-order valence-corrected chi connectivity index (χ1v) is 11.3. The van der Waals surface area contributed by atoms with Gasteiger partial charge in [-0.15, -0.1) is 0 Å². The number of nitrogens with one attached hydrogen (secondary N) is 2. The molecule has 2 N–H and O–H groups in total. The third-order valence-corrected chi connectivity index (χ3v) is 6.55. The minimum absolute atomic E-state index is 0.0396. The number of anilines is 2. The number of carbonyl (C=O) groups is 1. The fourth-order valence-corrected chi connectivity index (χ4v) is 4.56. The molecule has 36 heavy (non-hydrogen) atoms. The van der Waals surface area contributed by atoms with Crippen molar-refractivity contribution in [3.8, 4) is 5.69 Å². The topological polar surface area (TPSA) is 99.0 Å². The summed E-state index contributed by atoms with van der Waals surface area (Å²) in [7, 11) is 1.65. The zero-order valence-corrected chi connectivity index (χ0v) is 19.8. The Bertz CT molecular complexity index is 1490. The van der Waals surface area contributed by atoms with Crippen molar-refractivity contribution in [3.05, 3.63) is 81.3 Å². The Morgan fingerprint density at radius 1 is 1.22 bits per heavy atom. The number of benzene rings is 1. The number of para-hydroxylation sites is 1. The van der Waals surface area contributed by atoms with Gasteiger partial charge in [0.05, 0.1) is 23.7 Å². The van der Waals surface area contributed by atoms with Crippen molar-refractivity contribution in [2.75, 3.05) is 10.6 Å². The predicted octanol–water partition coefficient (Wildman–Crippen LogP) is 4.84. The summed E-state index contributed by atoms with van der Waals surface area (Å²) >= 11 is 6.36. The normalized spacial score (nSPS) is 17.5. The Morgan fingerprint density at radius 2 is 1.94 bits per heavy atom. The number of nitrogens with zero attached hydrogens (tertiary/aromatic N) is 4. The summed E-state index contributed by atoms with van der Waals surface area (Å²) in [5.41, 5.74) is 0.00943. The molecule has 5 rings (SSSR count). The fourth-order valence-electron chi connectivity index (χ4n) is 4.30. The second-order valence-electron chi connectivity index (χ2n) is 8.35. The average Bonchev–Trinajstić information content (AvgIpc) is 3.54. The molecule has 3 aromatic heterocycles. The number of hydrogen-bond donors (Lipinski definition) is 2. The molecule has 0 spiro atoms. The first-order chi connectivity index (χ1) is 17.1. The van der Waals surface area contributed by atoms with E-state index in [4.69, 9.17) is 16.0 Å². The summed E-state index contributed by atoms with van der Waals surface area (Å²) in [5.74, 6) is -0.784. The quantitative estimate of drug-likeness (QED) is 0.401. The summed E-state index contributed by atoms with van der Waals surface area (Å²) in [5, 5.41) is 8.98. The Kier molecular flexibility index (Phi) is 5.70. The highest BCUT2D eigenvalue weighted by atomic mass is 35.5. The number of furan rings is 1. The monoisotopic (exact) mass is 520 g/mol. The van der Waals surface area contributed by atoms with E-state index in [-0.39, 0.29) is 16.5 Å². The number of carbonyl (C=O) groups excluding carboxylic acids is 1. The van der Waals surface area contributed by atoms with Crippen molar-refractivity contribution in [2.45, 2.75) is 31.6 Å². The number of rotatable bonds is 4. The van der Waals surface area contributed by atoms with Crippen molar-refractivity contribution in [3.63, 3.8) is 0 Å². The summed E-state index contributed by atoms with van der Waals surface area (Å²) in [6.07, 6.45) is -3.72. The van der Waals surface area contributed by atoms with Gasteiger partial charge in [-0.3, -0.25) is 14.3 Å². The van der Waals surface area contributed by atoms with Gasteiger partial charge in [0.2, 0.25) is 0 Å². The molecule has 1 aromatic carbocycles. The molecule has 4 aromatic rings. The number of amides is 1. The maximum absolute atomic E-state index is 13.9. The zero-order chi connectivity index (χ0) is 25.8. The van der Waals surface area contributed by atoms with E-state index in [9.17, 15) is 22.8 Å². The third-order valence-electron chi connectivity index (χ3n) is 6.19. The lowest BCUT2D eigenvalue weighted by Gasteiger charge is -2.32. The van der Waals surface area contributed by atoms with E-state index in [0.717, 1.165) is 0 Å². The first kappa shape index (κ1) is 23.8. The first-order valence-electron chi connectivity index (χ1n) is 10.9. The highest BCUT2D eigenvalue weighted by Gasteiger charge is 2.48. The predicted molar refractivity (Wildman–Crippen MR) is 126 cm³/mol. The van der Waals surface area contributed by atoms with E-state index in [2.05, 4.69) is 15.7 Å². The second-order valence-corrected chi connectivity index (χ2v) is 8.73. The van der Waals surface area contributed by atoms with Crippen molar-refractivity contribution in [1.29, 1.82) is 0 Å². The molecule has 0 bridgehead atoms. The molecule has 0 unspecified atom stereocenters. The smallest absolute Gasteiger partial charge is 0.410 e. The van der Waals surface area contributed by atoms with Crippen LogP contribution in [0, 0.1) is 6.92 Å². The highest BCUT2D eigenvalue weighted by Crippen LogP contribution is 2.46. The van der Waals surface area contributed by atoms with E-state index in [1.807, 2.05) is 0 Å². The molecular weight excluding hydrogens is 501 g/mol. The van der Waals surface area contributed by atoms with Gasteiger partial charge < -0.3 is 15.1 Å². The van der Waals surface area contributed by atoms with Gasteiger partial charge in [0.15, 0.2) is 11.7 Å². The SMILES string of the molecule is Cc1c(NC(=O)c2nn3c(c2Cl)N[C@H](c2ccco2)C[C@H]3C(F)(F)F)c(=O)n(-c2ccccc2)n1C. The lowest BCUT2D eigenvalue weighted by Crippen LogP contribution is -2.35. The van der Waals surface area contributed by atoms with Crippen LogP contribution < -0.4 is 16.2 Å². The molecular formula is C23H20ClF3N6O3. The molecule has 13 heteroatoms. The molecule has 1 aliphatic heterocycles. The van der Waals surface area contributed by atoms with Crippen molar-refractivity contribution < 1.29 is 22.4 Å². The second kappa shape index (κ2) is 8.63. The summed E-state index contributed by atoms with van der Waals surface area (Å²) in [4.78, 5) is 26.2. The van der Waals surface area contributed by atoms with Crippen LogP contribution >= 0.6 is 11.6 Å². The van der Waals surface area contributed by atoms with Crippen LogP contribution in [-0.4, -0.2) is 31.2 Å². The summed E-state index contributed by atoms with van der Waals surface area (Å²) < 4.78 is 50.6. The molecule has 0 saturated carbocycles. The minimum Gasteiger partial charge on any atom is -0.467 e. The van der Waals surface area contributed by atoms with Gasteiger partial charge in [0.1, 0.15) is 22.3 Å². The maximum Gasteiger partial charge on any atom is 0.410 e. The van der Waals surface area contributed by atoms with Crippen LogP contribution in [-0.2, 0) is 7.05 Å². The molecule has 9 nitrogen and oxygen atoms in total. The van der Waals surface area contributed by atoms with Crippen LogP contribution in [0.25, 0.3) is 5.69 Å². The zero-order valence-electron chi connectivity index (χ0n) is 19.0. The van der Waals surface area contributed by atoms with Crippen molar-refractivity contribution in [1.82, 2.24) is 19.1 Å². The number of hydrogen-bond acceptors (Lipinski definition) is 5. The molecule has 1 aliphatic rings. The van der Waals surface area contributed by atoms with Crippen LogP contribution in [0.4, 0.5) is 24.7 Å². The Labute approximate surface area is 207 Å². The summed E-state index contributed by atoms with van der Waals surface area (Å²) in [6, 6.07) is 9.01. The van der Waals surface area contributed by atoms with E-state index < -0.39 is 41.8 Å². The molecule has 4 heterocycles. The lowest BCUT2D eigenvalue weighted by atomic mass is 10.0. The third kappa shape index (κ3) is 3.87. The fraction of sp³-hybridized carbons (Fsp3) is 0.261. The Hall–Kier alpha value is -3.93. The van der Waals surface area contributed by atoms with E-state index in [1.165, 1.54) is 10.9 Å². The van der Waals surface area contributed by atoms with Gasteiger partial charge in [-0.2, -0.15) is 18.3 Å². The standard InChI is InChI=1S/C23H20ClF3N6O3/c1-12-18(22(35)33(31(12)2)13-7-4-3-5-8-13)29-21(34)19-17(24)20-28-14(15-9-6-10-36-15)11-16(23(25,26)27)32(20)30-19/h3-10,14,16,28H,11H2,1-2H3,(H,29,34)/t14-,16-/m0/s1. The lowest BCUT2D eigenvalue weighted by molar-refractivity contribution is -0.174. The number of aromatic nitrogens is 4. The summed E-state index contributed by atoms with van der Waals surface area (Å²) in [6.45, 7) is 1.63. The number of alkyl halides is 3. The van der Waals surface area contributed by atoms with Crippen LogP contribution in [0.15, 0.2) is 57.9 Å². The minimum atomic E-state index is -4.66. The van der Waals surface area contributed by atoms with Crippen LogP contribution in [0.3, 0.4) is 0 Å². The Morgan fingerprint density at radius 3 is 2.58 bits per heavy atom. The Balaban J connectivity index is 1.52.